The lowest BCUT2D eigenvalue weighted by Gasteiger charge is -2.32. The van der Waals surface area contributed by atoms with E-state index in [0.29, 0.717) is 0 Å². The number of halogens is 1. The minimum atomic E-state index is 0.817. The van der Waals surface area contributed by atoms with Gasteiger partial charge in [-0.15, -0.1) is 0 Å². The fraction of sp³-hybridized carbons (Fsp3) is 0.238. The van der Waals surface area contributed by atoms with Crippen LogP contribution >= 0.6 is 15.9 Å². The van der Waals surface area contributed by atoms with Crippen LogP contribution in [0.25, 0.3) is 22.5 Å². The summed E-state index contributed by atoms with van der Waals surface area (Å²) in [6.45, 7) is 3.97. The third kappa shape index (κ3) is 3.79. The van der Waals surface area contributed by atoms with Gasteiger partial charge in [0.2, 0.25) is 5.95 Å². The Kier molecular flexibility index (Phi) is 5.00. The molecular weight excluding hydrogens is 388 g/mol. The zero-order valence-corrected chi connectivity index (χ0v) is 16.4. The number of piperazine rings is 1. The molecule has 0 atom stereocenters. The molecule has 2 aromatic carbocycles. The smallest absolute Gasteiger partial charge is 0.226 e. The first-order valence-electron chi connectivity index (χ1n) is 8.83. The van der Waals surface area contributed by atoms with E-state index in [2.05, 4.69) is 75.2 Å². The summed E-state index contributed by atoms with van der Waals surface area (Å²) in [6.07, 6.45) is 0. The molecule has 4 nitrogen and oxygen atoms in total. The maximum Gasteiger partial charge on any atom is 0.226 e. The fourth-order valence-corrected chi connectivity index (χ4v) is 3.37. The summed E-state index contributed by atoms with van der Waals surface area (Å²) < 4.78 is 1.07. The molecule has 2 heterocycles. The van der Waals surface area contributed by atoms with Gasteiger partial charge in [0, 0.05) is 41.8 Å². The molecule has 1 saturated heterocycles. The summed E-state index contributed by atoms with van der Waals surface area (Å²) in [5, 5.41) is 0. The number of nitrogens with zero attached hydrogens (tertiary/aromatic N) is 4. The molecule has 3 aromatic rings. The van der Waals surface area contributed by atoms with Gasteiger partial charge in [-0.2, -0.15) is 0 Å². The molecule has 0 aliphatic carbocycles. The lowest BCUT2D eigenvalue weighted by atomic mass is 10.1. The van der Waals surface area contributed by atoms with Crippen molar-refractivity contribution in [1.82, 2.24) is 14.9 Å². The minimum Gasteiger partial charge on any atom is -0.338 e. The van der Waals surface area contributed by atoms with Crippen LogP contribution in [0.3, 0.4) is 0 Å². The monoisotopic (exact) mass is 408 g/mol. The molecule has 1 aliphatic rings. The van der Waals surface area contributed by atoms with Gasteiger partial charge in [0.05, 0.1) is 11.4 Å². The summed E-state index contributed by atoms with van der Waals surface area (Å²) in [5.41, 5.74) is 4.14. The number of benzene rings is 2. The molecule has 132 valence electrons. The van der Waals surface area contributed by atoms with E-state index in [-0.39, 0.29) is 0 Å². The van der Waals surface area contributed by atoms with Crippen LogP contribution in [0.5, 0.6) is 0 Å². The summed E-state index contributed by atoms with van der Waals surface area (Å²) in [4.78, 5) is 14.4. The summed E-state index contributed by atoms with van der Waals surface area (Å²) in [6, 6.07) is 20.7. The predicted molar refractivity (Wildman–Crippen MR) is 110 cm³/mol. The first kappa shape index (κ1) is 17.2. The van der Waals surface area contributed by atoms with Crippen molar-refractivity contribution in [3.05, 3.63) is 65.1 Å². The van der Waals surface area contributed by atoms with Crippen LogP contribution in [0.1, 0.15) is 0 Å². The molecule has 1 aliphatic heterocycles. The Morgan fingerprint density at radius 1 is 0.769 bits per heavy atom. The maximum atomic E-state index is 4.89. The van der Waals surface area contributed by atoms with E-state index >= 15 is 0 Å². The average Bonchev–Trinajstić information content (AvgIpc) is 2.69. The lowest BCUT2D eigenvalue weighted by molar-refractivity contribution is 0.311. The standard InChI is InChI=1S/C21H21BrN4/c1-25-11-13-26(14-12-25)21-23-19(16-5-3-2-4-6-16)15-20(24-21)17-7-9-18(22)10-8-17/h2-10,15H,11-14H2,1H3. The van der Waals surface area contributed by atoms with Gasteiger partial charge in [-0.1, -0.05) is 58.4 Å². The van der Waals surface area contributed by atoms with Gasteiger partial charge in [0.1, 0.15) is 0 Å². The Bertz CT molecular complexity index is 872. The van der Waals surface area contributed by atoms with Crippen LogP contribution in [0, 0.1) is 0 Å². The van der Waals surface area contributed by atoms with Crippen LogP contribution in [0.4, 0.5) is 5.95 Å². The van der Waals surface area contributed by atoms with Crippen molar-refractivity contribution >= 4 is 21.9 Å². The molecule has 4 rings (SSSR count). The fourth-order valence-electron chi connectivity index (χ4n) is 3.11. The van der Waals surface area contributed by atoms with Crippen LogP contribution in [-0.2, 0) is 0 Å². The predicted octanol–water partition coefficient (Wildman–Crippen LogP) is 4.32. The topological polar surface area (TPSA) is 32.3 Å². The zero-order valence-electron chi connectivity index (χ0n) is 14.8. The Balaban J connectivity index is 1.78. The molecule has 0 unspecified atom stereocenters. The van der Waals surface area contributed by atoms with Gasteiger partial charge in [-0.3, -0.25) is 0 Å². The van der Waals surface area contributed by atoms with Crippen molar-refractivity contribution in [2.45, 2.75) is 0 Å². The van der Waals surface area contributed by atoms with Crippen molar-refractivity contribution in [2.24, 2.45) is 0 Å². The van der Waals surface area contributed by atoms with E-state index in [1.54, 1.807) is 0 Å². The molecule has 26 heavy (non-hydrogen) atoms. The number of hydrogen-bond donors (Lipinski definition) is 0. The molecular formula is C21H21BrN4. The lowest BCUT2D eigenvalue weighted by Crippen LogP contribution is -2.45. The maximum absolute atomic E-state index is 4.89. The van der Waals surface area contributed by atoms with Crippen molar-refractivity contribution in [1.29, 1.82) is 0 Å². The molecule has 1 fully saturated rings. The summed E-state index contributed by atoms with van der Waals surface area (Å²) >= 11 is 3.51. The zero-order chi connectivity index (χ0) is 17.9. The number of likely N-dealkylation sites (N-methyl/N-ethyl adjacent to an activating group) is 1. The van der Waals surface area contributed by atoms with Gasteiger partial charge in [0.25, 0.3) is 0 Å². The van der Waals surface area contributed by atoms with Gasteiger partial charge < -0.3 is 9.80 Å². The highest BCUT2D eigenvalue weighted by atomic mass is 79.9. The Hall–Kier alpha value is -2.24. The van der Waals surface area contributed by atoms with Crippen molar-refractivity contribution in [3.8, 4) is 22.5 Å². The van der Waals surface area contributed by atoms with E-state index < -0.39 is 0 Å². The SMILES string of the molecule is CN1CCN(c2nc(-c3ccccc3)cc(-c3ccc(Br)cc3)n2)CC1. The number of rotatable bonds is 3. The third-order valence-corrected chi connectivity index (χ3v) is 5.24. The number of aromatic nitrogens is 2. The molecule has 0 amide bonds. The third-order valence-electron chi connectivity index (χ3n) is 4.71. The Morgan fingerprint density at radius 2 is 1.35 bits per heavy atom. The van der Waals surface area contributed by atoms with Crippen molar-refractivity contribution < 1.29 is 0 Å². The highest BCUT2D eigenvalue weighted by Gasteiger charge is 2.18. The normalized spacial score (nSPS) is 15.2. The first-order chi connectivity index (χ1) is 12.7. The molecule has 0 N–H and O–H groups in total. The van der Waals surface area contributed by atoms with Gasteiger partial charge in [0.15, 0.2) is 0 Å². The van der Waals surface area contributed by atoms with E-state index in [9.17, 15) is 0 Å². The van der Waals surface area contributed by atoms with Gasteiger partial charge >= 0.3 is 0 Å². The largest absolute Gasteiger partial charge is 0.338 e. The summed E-state index contributed by atoms with van der Waals surface area (Å²) in [5.74, 6) is 0.817. The number of anilines is 1. The molecule has 0 radical (unpaired) electrons. The van der Waals surface area contributed by atoms with E-state index in [4.69, 9.17) is 9.97 Å². The highest BCUT2D eigenvalue weighted by Crippen LogP contribution is 2.27. The highest BCUT2D eigenvalue weighted by molar-refractivity contribution is 9.10. The van der Waals surface area contributed by atoms with Gasteiger partial charge in [-0.25, -0.2) is 9.97 Å². The van der Waals surface area contributed by atoms with Crippen LogP contribution in [0.2, 0.25) is 0 Å². The average molecular weight is 409 g/mol. The second-order valence-electron chi connectivity index (χ2n) is 6.60. The minimum absolute atomic E-state index is 0.817. The van der Waals surface area contributed by atoms with Crippen molar-refractivity contribution in [3.63, 3.8) is 0 Å². The molecule has 0 spiro atoms. The van der Waals surface area contributed by atoms with Crippen LogP contribution in [-0.4, -0.2) is 48.1 Å². The van der Waals surface area contributed by atoms with Crippen LogP contribution < -0.4 is 4.90 Å². The Morgan fingerprint density at radius 3 is 1.96 bits per heavy atom. The Labute approximate surface area is 162 Å². The van der Waals surface area contributed by atoms with Gasteiger partial charge in [-0.05, 0) is 25.2 Å². The molecule has 5 heteroatoms. The van der Waals surface area contributed by atoms with Crippen LogP contribution in [0.15, 0.2) is 65.1 Å². The second-order valence-corrected chi connectivity index (χ2v) is 7.52. The van der Waals surface area contributed by atoms with Crippen molar-refractivity contribution in [2.75, 3.05) is 38.1 Å². The first-order valence-corrected chi connectivity index (χ1v) is 9.62. The molecule has 0 bridgehead atoms. The molecule has 1 aromatic heterocycles. The molecule has 0 saturated carbocycles. The van der Waals surface area contributed by atoms with E-state index in [0.717, 1.165) is 59.1 Å². The van der Waals surface area contributed by atoms with E-state index in [1.165, 1.54) is 0 Å². The second kappa shape index (κ2) is 7.56. The van der Waals surface area contributed by atoms with E-state index in [1.807, 2.05) is 18.2 Å². The quantitative estimate of drug-likeness (QED) is 0.645. The number of hydrogen-bond acceptors (Lipinski definition) is 4. The summed E-state index contributed by atoms with van der Waals surface area (Å²) in [7, 11) is 2.16.